The van der Waals surface area contributed by atoms with Gasteiger partial charge in [-0.05, 0) is 12.2 Å². The molecule has 0 aromatic carbocycles. The summed E-state index contributed by atoms with van der Waals surface area (Å²) in [7, 11) is 4.22. The van der Waals surface area contributed by atoms with Crippen LogP contribution < -0.4 is 0 Å². The minimum absolute atomic E-state index is 0.972. The minimum Gasteiger partial charge on any atom is -0.313 e. The molecule has 3 heteroatoms. The smallest absolute Gasteiger partial charge is 0.197 e. The van der Waals surface area contributed by atoms with Crippen LogP contribution in [0.15, 0.2) is 145 Å². The predicted octanol–water partition coefficient (Wildman–Crippen LogP) is 5.47. The average Bonchev–Trinajstić information content (AvgIpc) is 2.68. The van der Waals surface area contributed by atoms with Crippen LogP contribution in [0.4, 0.5) is 0 Å². The first kappa shape index (κ1) is 20.1. The molecule has 0 unspecified atom stereocenters. The SMILES string of the molecule is C=C/C=C\C1=C(C=C)N2C(=C(C=C)[B]1)/C(=C\C=C)[B]C(=C/C=C)/C2=C\C=C. The Morgan fingerprint density at radius 1 is 0.667 bits per heavy atom. The maximum absolute atomic E-state index is 4.05. The van der Waals surface area contributed by atoms with Gasteiger partial charge in [-0.2, -0.15) is 0 Å². The van der Waals surface area contributed by atoms with Crippen LogP contribution in [-0.4, -0.2) is 19.5 Å². The summed E-state index contributed by atoms with van der Waals surface area (Å²) >= 11 is 0. The molecule has 0 aliphatic carbocycles. The highest BCUT2D eigenvalue weighted by Crippen LogP contribution is 2.41. The normalized spacial score (nSPS) is 21.0. The third kappa shape index (κ3) is 3.98. The van der Waals surface area contributed by atoms with Crippen LogP contribution in [0.25, 0.3) is 0 Å². The second-order valence-corrected chi connectivity index (χ2v) is 5.77. The molecular weight excluding hydrogens is 324 g/mol. The van der Waals surface area contributed by atoms with Crippen LogP contribution in [0, 0.1) is 0 Å². The van der Waals surface area contributed by atoms with E-state index in [1.165, 1.54) is 0 Å². The van der Waals surface area contributed by atoms with Crippen molar-refractivity contribution in [2.24, 2.45) is 0 Å². The van der Waals surface area contributed by atoms with Crippen molar-refractivity contribution in [1.29, 1.82) is 0 Å². The molecule has 0 aromatic heterocycles. The molecule has 2 aliphatic heterocycles. The Hall–Kier alpha value is -3.19. The number of nitrogens with zero attached hydrogens (tertiary/aromatic N) is 1. The van der Waals surface area contributed by atoms with Gasteiger partial charge < -0.3 is 4.90 Å². The van der Waals surface area contributed by atoms with Gasteiger partial charge in [0, 0.05) is 17.1 Å². The van der Waals surface area contributed by atoms with Crippen molar-refractivity contribution >= 4 is 14.6 Å². The zero-order valence-corrected chi connectivity index (χ0v) is 15.7. The summed E-state index contributed by atoms with van der Waals surface area (Å²) in [5, 5.41) is 0. The Balaban J connectivity index is 2.88. The Kier molecular flexibility index (Phi) is 7.08. The average molecular weight is 347 g/mol. The van der Waals surface area contributed by atoms with E-state index >= 15 is 0 Å². The maximum atomic E-state index is 4.05. The molecule has 0 atom stereocenters. The molecule has 2 heterocycles. The van der Waals surface area contributed by atoms with Gasteiger partial charge in [-0.25, -0.2) is 0 Å². The molecule has 1 fully saturated rings. The first-order valence-electron chi connectivity index (χ1n) is 8.67. The molecule has 0 spiro atoms. The molecule has 0 bridgehead atoms. The second kappa shape index (κ2) is 9.49. The summed E-state index contributed by atoms with van der Waals surface area (Å²) in [5.41, 5.74) is 7.10. The van der Waals surface area contributed by atoms with Crippen LogP contribution in [0.1, 0.15) is 0 Å². The quantitative estimate of drug-likeness (QED) is 0.436. The second-order valence-electron chi connectivity index (χ2n) is 5.77. The summed E-state index contributed by atoms with van der Waals surface area (Å²) in [6, 6.07) is 0. The van der Waals surface area contributed by atoms with Crippen LogP contribution >= 0.6 is 0 Å². The maximum Gasteiger partial charge on any atom is 0.197 e. The number of allylic oxidation sites excluding steroid dienone is 15. The standard InChI is InChI=1S/C24H23B2N/c1-7-13-17-20-22(12-6)27-23(16-10-4)19(14-8-2)26-21(15-9-3)24(27)18(11-5)25-20/h7-17H,1-6H2/b17-13-,19-14+,21-15+,23-16+. The molecule has 0 saturated carbocycles. The van der Waals surface area contributed by atoms with Gasteiger partial charge in [0.1, 0.15) is 0 Å². The molecule has 2 aliphatic rings. The number of hydrogen-bond acceptors (Lipinski definition) is 1. The number of fused-ring (bicyclic) bond motifs is 1. The van der Waals surface area contributed by atoms with Crippen LogP contribution in [0.5, 0.6) is 0 Å². The molecular formula is C24H23B2N. The van der Waals surface area contributed by atoms with Crippen molar-refractivity contribution < 1.29 is 0 Å². The monoisotopic (exact) mass is 347 g/mol. The van der Waals surface area contributed by atoms with Crippen molar-refractivity contribution in [3.63, 3.8) is 0 Å². The van der Waals surface area contributed by atoms with E-state index in [4.69, 9.17) is 0 Å². The largest absolute Gasteiger partial charge is 0.313 e. The lowest BCUT2D eigenvalue weighted by molar-refractivity contribution is 0.558. The fourth-order valence-corrected chi connectivity index (χ4v) is 3.14. The van der Waals surface area contributed by atoms with Crippen molar-refractivity contribution in [3.05, 3.63) is 145 Å². The predicted molar refractivity (Wildman–Crippen MR) is 122 cm³/mol. The lowest BCUT2D eigenvalue weighted by Gasteiger charge is -2.42. The van der Waals surface area contributed by atoms with Crippen LogP contribution in [0.3, 0.4) is 0 Å². The molecule has 0 N–H and O–H groups in total. The third-order valence-electron chi connectivity index (χ3n) is 4.16. The Morgan fingerprint density at radius 3 is 1.89 bits per heavy atom. The van der Waals surface area contributed by atoms with E-state index in [0.29, 0.717) is 0 Å². The van der Waals surface area contributed by atoms with Gasteiger partial charge in [-0.3, -0.25) is 0 Å². The van der Waals surface area contributed by atoms with E-state index in [1.54, 1.807) is 24.3 Å². The lowest BCUT2D eigenvalue weighted by Crippen LogP contribution is -2.37. The highest BCUT2D eigenvalue weighted by Gasteiger charge is 2.34. The fraction of sp³-hybridized carbons (Fsp3) is 0. The highest BCUT2D eigenvalue weighted by molar-refractivity contribution is 6.61. The van der Waals surface area contributed by atoms with Gasteiger partial charge in [0.2, 0.25) is 0 Å². The molecule has 1 saturated heterocycles. The van der Waals surface area contributed by atoms with Crippen molar-refractivity contribution in [3.8, 4) is 0 Å². The lowest BCUT2D eigenvalue weighted by atomic mass is 9.51. The summed E-state index contributed by atoms with van der Waals surface area (Å²) in [6.07, 6.45) is 20.7. The van der Waals surface area contributed by atoms with E-state index in [-0.39, 0.29) is 0 Å². The molecule has 0 aromatic rings. The molecule has 1 nitrogen and oxygen atoms in total. The van der Waals surface area contributed by atoms with Crippen molar-refractivity contribution in [2.75, 3.05) is 0 Å². The van der Waals surface area contributed by atoms with Gasteiger partial charge in [0.15, 0.2) is 14.6 Å². The van der Waals surface area contributed by atoms with Gasteiger partial charge in [-0.1, -0.05) is 116 Å². The molecule has 27 heavy (non-hydrogen) atoms. The zero-order valence-electron chi connectivity index (χ0n) is 15.7. The summed E-state index contributed by atoms with van der Waals surface area (Å²) in [4.78, 5) is 2.18. The Bertz CT molecular complexity index is 885. The minimum atomic E-state index is 0.972. The third-order valence-corrected chi connectivity index (χ3v) is 4.16. The molecule has 0 amide bonds. The van der Waals surface area contributed by atoms with Gasteiger partial charge in [-0.15, -0.1) is 0 Å². The Labute approximate surface area is 165 Å². The molecule has 130 valence electrons. The van der Waals surface area contributed by atoms with Crippen LogP contribution in [-0.2, 0) is 0 Å². The van der Waals surface area contributed by atoms with Crippen LogP contribution in [0.2, 0.25) is 0 Å². The van der Waals surface area contributed by atoms with E-state index in [9.17, 15) is 0 Å². The molecule has 2 rings (SSSR count). The number of hydrogen-bond donors (Lipinski definition) is 0. The van der Waals surface area contributed by atoms with Crippen molar-refractivity contribution in [1.82, 2.24) is 4.90 Å². The first-order chi connectivity index (χ1) is 13.2. The summed E-state index contributed by atoms with van der Waals surface area (Å²) < 4.78 is 0. The first-order valence-corrected chi connectivity index (χ1v) is 8.67. The van der Waals surface area contributed by atoms with E-state index < -0.39 is 0 Å². The van der Waals surface area contributed by atoms with Crippen molar-refractivity contribution in [2.45, 2.75) is 0 Å². The Morgan fingerprint density at radius 2 is 1.33 bits per heavy atom. The topological polar surface area (TPSA) is 3.24 Å². The van der Waals surface area contributed by atoms with E-state index in [0.717, 1.165) is 39.0 Å². The van der Waals surface area contributed by atoms with Gasteiger partial charge in [0.05, 0.1) is 0 Å². The molecule has 2 radical (unpaired) electrons. The van der Waals surface area contributed by atoms with E-state index in [1.807, 2.05) is 42.5 Å². The highest BCUT2D eigenvalue weighted by atomic mass is 15.2. The van der Waals surface area contributed by atoms with E-state index in [2.05, 4.69) is 58.9 Å². The van der Waals surface area contributed by atoms with Gasteiger partial charge >= 0.3 is 0 Å². The number of rotatable bonds is 7. The summed E-state index contributed by atoms with van der Waals surface area (Å²) in [6.45, 7) is 23.4. The van der Waals surface area contributed by atoms with Gasteiger partial charge in [0.25, 0.3) is 0 Å². The zero-order chi connectivity index (χ0) is 19.8. The fourth-order valence-electron chi connectivity index (χ4n) is 3.14. The summed E-state index contributed by atoms with van der Waals surface area (Å²) in [5.74, 6) is 0.